The Morgan fingerprint density at radius 3 is 2.63 bits per heavy atom. The molecule has 2 aromatic carbocycles. The number of benzene rings is 2. The molecule has 0 aliphatic rings. The van der Waals surface area contributed by atoms with Crippen LogP contribution < -0.4 is 10.2 Å². The van der Waals surface area contributed by atoms with Crippen molar-refractivity contribution in [1.82, 2.24) is 9.97 Å². The van der Waals surface area contributed by atoms with Gasteiger partial charge < -0.3 is 10.2 Å². The summed E-state index contributed by atoms with van der Waals surface area (Å²) >= 11 is 3.43. The van der Waals surface area contributed by atoms with Crippen LogP contribution in [0.4, 0.5) is 28.7 Å². The fourth-order valence-electron chi connectivity index (χ4n) is 2.77. The van der Waals surface area contributed by atoms with E-state index in [1.165, 1.54) is 6.33 Å². The summed E-state index contributed by atoms with van der Waals surface area (Å²) in [5, 5.41) is 14.9. The van der Waals surface area contributed by atoms with Crippen molar-refractivity contribution in [1.29, 1.82) is 0 Å². The highest BCUT2D eigenvalue weighted by molar-refractivity contribution is 9.10. The highest BCUT2D eigenvalue weighted by atomic mass is 79.9. The SMILES string of the molecule is CCN(c1cccc(C)c1)c1ncnc(Nc2ccccc2Br)c1[N+](=O)[O-]. The van der Waals surface area contributed by atoms with Gasteiger partial charge in [0.1, 0.15) is 6.33 Å². The van der Waals surface area contributed by atoms with E-state index in [1.807, 2.05) is 62.4 Å². The molecule has 1 heterocycles. The smallest absolute Gasteiger partial charge is 0.333 e. The molecule has 0 saturated carbocycles. The number of anilines is 4. The lowest BCUT2D eigenvalue weighted by Gasteiger charge is -2.22. The Balaban J connectivity index is 2.10. The molecule has 0 fully saturated rings. The van der Waals surface area contributed by atoms with Gasteiger partial charge >= 0.3 is 5.69 Å². The van der Waals surface area contributed by atoms with Gasteiger partial charge in [0.15, 0.2) is 0 Å². The van der Waals surface area contributed by atoms with Crippen molar-refractivity contribution >= 4 is 44.6 Å². The summed E-state index contributed by atoms with van der Waals surface area (Å²) in [5.41, 5.74) is 2.42. The number of hydrogen-bond acceptors (Lipinski definition) is 6. The summed E-state index contributed by atoms with van der Waals surface area (Å²) in [6.07, 6.45) is 1.33. The standard InChI is InChI=1S/C19H18BrN5O2/c1-3-24(14-8-6-7-13(2)11-14)19-17(25(26)27)18(21-12-22-19)23-16-10-5-4-9-15(16)20/h4-12H,3H2,1-2H3,(H,21,22,23). The molecule has 3 aromatic rings. The predicted octanol–water partition coefficient (Wildman–Crippen LogP) is 5.36. The van der Waals surface area contributed by atoms with E-state index in [4.69, 9.17) is 0 Å². The van der Waals surface area contributed by atoms with Crippen LogP contribution >= 0.6 is 15.9 Å². The average molecular weight is 428 g/mol. The van der Waals surface area contributed by atoms with E-state index in [9.17, 15) is 10.1 Å². The predicted molar refractivity (Wildman–Crippen MR) is 110 cm³/mol. The Labute approximate surface area is 165 Å². The first kappa shape index (κ1) is 18.8. The number of aryl methyl sites for hydroxylation is 1. The zero-order chi connectivity index (χ0) is 19.4. The van der Waals surface area contributed by atoms with Gasteiger partial charge in [-0.15, -0.1) is 0 Å². The molecule has 3 rings (SSSR count). The van der Waals surface area contributed by atoms with Crippen LogP contribution in [-0.4, -0.2) is 21.4 Å². The molecule has 0 aliphatic heterocycles. The van der Waals surface area contributed by atoms with E-state index >= 15 is 0 Å². The van der Waals surface area contributed by atoms with Crippen LogP contribution in [0.5, 0.6) is 0 Å². The van der Waals surface area contributed by atoms with Gasteiger partial charge in [-0.25, -0.2) is 9.97 Å². The van der Waals surface area contributed by atoms with Crippen molar-refractivity contribution in [3.05, 3.63) is 75.0 Å². The van der Waals surface area contributed by atoms with Crippen LogP contribution in [0, 0.1) is 17.0 Å². The van der Waals surface area contributed by atoms with Gasteiger partial charge in [0.05, 0.1) is 10.6 Å². The van der Waals surface area contributed by atoms with Crippen LogP contribution in [0.1, 0.15) is 12.5 Å². The Bertz CT molecular complexity index is 980. The van der Waals surface area contributed by atoms with Crippen LogP contribution in [0.3, 0.4) is 0 Å². The van der Waals surface area contributed by atoms with Crippen molar-refractivity contribution in [3.8, 4) is 0 Å². The van der Waals surface area contributed by atoms with Gasteiger partial charge in [-0.05, 0) is 59.6 Å². The van der Waals surface area contributed by atoms with Crippen molar-refractivity contribution in [2.24, 2.45) is 0 Å². The Morgan fingerprint density at radius 2 is 1.96 bits per heavy atom. The number of nitro groups is 1. The summed E-state index contributed by atoms with van der Waals surface area (Å²) in [6, 6.07) is 15.1. The number of rotatable bonds is 6. The summed E-state index contributed by atoms with van der Waals surface area (Å²) in [4.78, 5) is 21.6. The van der Waals surface area contributed by atoms with Crippen molar-refractivity contribution in [3.63, 3.8) is 0 Å². The highest BCUT2D eigenvalue weighted by Crippen LogP contribution is 2.37. The lowest BCUT2D eigenvalue weighted by molar-refractivity contribution is -0.383. The van der Waals surface area contributed by atoms with Crippen LogP contribution in [-0.2, 0) is 0 Å². The normalized spacial score (nSPS) is 10.5. The van der Waals surface area contributed by atoms with E-state index < -0.39 is 4.92 Å². The first-order valence-corrected chi connectivity index (χ1v) is 9.15. The Morgan fingerprint density at radius 1 is 1.19 bits per heavy atom. The number of halogens is 1. The van der Waals surface area contributed by atoms with E-state index in [0.29, 0.717) is 12.2 Å². The summed E-state index contributed by atoms with van der Waals surface area (Å²) < 4.78 is 0.783. The zero-order valence-electron chi connectivity index (χ0n) is 14.9. The molecule has 27 heavy (non-hydrogen) atoms. The van der Waals surface area contributed by atoms with Crippen molar-refractivity contribution in [2.75, 3.05) is 16.8 Å². The minimum absolute atomic E-state index is 0.142. The molecular formula is C19H18BrN5O2. The Hall–Kier alpha value is -3.00. The molecule has 0 radical (unpaired) electrons. The largest absolute Gasteiger partial charge is 0.354 e. The third kappa shape index (κ3) is 4.06. The number of para-hydroxylation sites is 1. The van der Waals surface area contributed by atoms with Crippen LogP contribution in [0.2, 0.25) is 0 Å². The number of nitrogens with zero attached hydrogens (tertiary/aromatic N) is 4. The minimum Gasteiger partial charge on any atom is -0.333 e. The molecule has 0 unspecified atom stereocenters. The quantitative estimate of drug-likeness (QED) is 0.421. The molecule has 7 nitrogen and oxygen atoms in total. The highest BCUT2D eigenvalue weighted by Gasteiger charge is 2.27. The average Bonchev–Trinajstić information content (AvgIpc) is 2.64. The second-order valence-electron chi connectivity index (χ2n) is 5.84. The minimum atomic E-state index is -0.451. The molecular weight excluding hydrogens is 410 g/mol. The maximum Gasteiger partial charge on any atom is 0.354 e. The summed E-state index contributed by atoms with van der Waals surface area (Å²) in [5.74, 6) is 0.389. The fourth-order valence-corrected chi connectivity index (χ4v) is 3.15. The number of nitrogens with one attached hydrogen (secondary N) is 1. The van der Waals surface area contributed by atoms with Gasteiger partial charge in [-0.3, -0.25) is 10.1 Å². The van der Waals surface area contributed by atoms with Gasteiger partial charge in [0.25, 0.3) is 0 Å². The van der Waals surface area contributed by atoms with Crippen LogP contribution in [0.25, 0.3) is 0 Å². The molecule has 0 saturated heterocycles. The summed E-state index contributed by atoms with van der Waals surface area (Å²) in [6.45, 7) is 4.43. The molecule has 0 aliphatic carbocycles. The fraction of sp³-hybridized carbons (Fsp3) is 0.158. The number of aromatic nitrogens is 2. The first-order valence-electron chi connectivity index (χ1n) is 8.36. The van der Waals surface area contributed by atoms with E-state index in [0.717, 1.165) is 15.7 Å². The van der Waals surface area contributed by atoms with Gasteiger partial charge in [-0.2, -0.15) is 0 Å². The topological polar surface area (TPSA) is 84.2 Å². The first-order chi connectivity index (χ1) is 13.0. The molecule has 0 bridgehead atoms. The maximum absolute atomic E-state index is 11.9. The molecule has 138 valence electrons. The molecule has 0 atom stereocenters. The van der Waals surface area contributed by atoms with Crippen LogP contribution in [0.15, 0.2) is 59.3 Å². The van der Waals surface area contributed by atoms with E-state index in [1.54, 1.807) is 4.90 Å². The third-order valence-corrected chi connectivity index (χ3v) is 4.69. The summed E-state index contributed by atoms with van der Waals surface area (Å²) in [7, 11) is 0. The lowest BCUT2D eigenvalue weighted by atomic mass is 10.2. The molecule has 1 N–H and O–H groups in total. The van der Waals surface area contributed by atoms with E-state index in [2.05, 4.69) is 31.2 Å². The maximum atomic E-state index is 11.9. The molecule has 8 heteroatoms. The second-order valence-corrected chi connectivity index (χ2v) is 6.69. The van der Waals surface area contributed by atoms with Crippen molar-refractivity contribution in [2.45, 2.75) is 13.8 Å². The van der Waals surface area contributed by atoms with Gasteiger partial charge in [0.2, 0.25) is 11.6 Å². The van der Waals surface area contributed by atoms with Gasteiger partial charge in [0, 0.05) is 16.7 Å². The molecule has 0 amide bonds. The van der Waals surface area contributed by atoms with E-state index in [-0.39, 0.29) is 17.3 Å². The molecule has 1 aromatic heterocycles. The third-order valence-electron chi connectivity index (χ3n) is 4.00. The lowest BCUT2D eigenvalue weighted by Crippen LogP contribution is -2.20. The monoisotopic (exact) mass is 427 g/mol. The van der Waals surface area contributed by atoms with Gasteiger partial charge in [-0.1, -0.05) is 24.3 Å². The van der Waals surface area contributed by atoms with Crippen molar-refractivity contribution < 1.29 is 4.92 Å². The Kier molecular flexibility index (Phi) is 5.66. The zero-order valence-corrected chi connectivity index (χ0v) is 16.5. The molecule has 0 spiro atoms. The number of hydrogen-bond donors (Lipinski definition) is 1. The second kappa shape index (κ2) is 8.13.